The maximum Gasteiger partial charge on any atom is 0.432 e. The number of ketones is 1. The number of hydrogen-bond acceptors (Lipinski definition) is 7. The number of fused-ring (bicyclic) bond motifs is 3. The van der Waals surface area contributed by atoms with Gasteiger partial charge in [-0.05, 0) is 37.2 Å². The number of Topliss-reactive ketones (excluding diaryl/α,β-unsaturated/α-hetero) is 1. The molecule has 1 aliphatic heterocycles. The van der Waals surface area contributed by atoms with E-state index in [9.17, 15) is 27.6 Å². The number of cyclic esters (lactones) is 1. The molecule has 0 amide bonds. The average Bonchev–Trinajstić information content (AvgIpc) is 3.41. The molecule has 204 valence electrons. The molecule has 3 aliphatic rings. The third-order valence-electron chi connectivity index (χ3n) is 8.76. The first kappa shape index (κ1) is 26.5. The molecule has 2 aromatic rings. The quantitative estimate of drug-likeness (QED) is 0.481. The zero-order valence-corrected chi connectivity index (χ0v) is 21.0. The highest BCUT2D eigenvalue weighted by Gasteiger charge is 2.66. The minimum absolute atomic E-state index is 0.0299. The van der Waals surface area contributed by atoms with Crippen molar-refractivity contribution >= 4 is 17.7 Å². The molecule has 2 heterocycles. The fourth-order valence-corrected chi connectivity index (χ4v) is 6.95. The minimum atomic E-state index is -5.12. The first-order chi connectivity index (χ1) is 18.0. The van der Waals surface area contributed by atoms with E-state index in [4.69, 9.17) is 18.6 Å². The van der Waals surface area contributed by atoms with Gasteiger partial charge in [-0.3, -0.25) is 9.59 Å². The SMILES string of the molecule is CO[C@@](C(=O)O[C@H]1CCC(=O)[C@H]2CC[C@H]3C(=O)O[C@H](c4ccoc4)C[C@@]3(C)[C@H]12)(c1ccccc1)C(F)(F)F. The second-order valence-electron chi connectivity index (χ2n) is 10.7. The van der Waals surface area contributed by atoms with Crippen LogP contribution in [-0.2, 0) is 34.2 Å². The van der Waals surface area contributed by atoms with Crippen LogP contribution in [0.15, 0.2) is 53.3 Å². The molecule has 10 heteroatoms. The predicted molar refractivity (Wildman–Crippen MR) is 125 cm³/mol. The summed E-state index contributed by atoms with van der Waals surface area (Å²) >= 11 is 0. The summed E-state index contributed by atoms with van der Waals surface area (Å²) in [6.45, 7) is 1.85. The van der Waals surface area contributed by atoms with Crippen LogP contribution in [0.25, 0.3) is 0 Å². The van der Waals surface area contributed by atoms with Crippen molar-refractivity contribution in [3.05, 3.63) is 60.1 Å². The van der Waals surface area contributed by atoms with Gasteiger partial charge in [0.25, 0.3) is 5.60 Å². The fourth-order valence-electron chi connectivity index (χ4n) is 6.95. The Bertz CT molecular complexity index is 1190. The van der Waals surface area contributed by atoms with Crippen molar-refractivity contribution in [1.29, 1.82) is 0 Å². The summed E-state index contributed by atoms with van der Waals surface area (Å²) < 4.78 is 65.0. The molecule has 0 N–H and O–H groups in total. The highest BCUT2D eigenvalue weighted by molar-refractivity contribution is 5.85. The van der Waals surface area contributed by atoms with Gasteiger partial charge >= 0.3 is 18.1 Å². The van der Waals surface area contributed by atoms with E-state index in [2.05, 4.69) is 0 Å². The number of carbonyl (C=O) groups is 3. The Balaban J connectivity index is 1.52. The lowest BCUT2D eigenvalue weighted by Gasteiger charge is -2.56. The normalized spacial score (nSPS) is 32.9. The number of hydrogen-bond donors (Lipinski definition) is 0. The molecule has 7 nitrogen and oxygen atoms in total. The van der Waals surface area contributed by atoms with Crippen LogP contribution in [0.5, 0.6) is 0 Å². The van der Waals surface area contributed by atoms with Crippen molar-refractivity contribution < 1.29 is 46.2 Å². The monoisotopic (exact) mass is 534 g/mol. The molecule has 2 aliphatic carbocycles. The summed E-state index contributed by atoms with van der Waals surface area (Å²) in [5, 5.41) is 0. The first-order valence-electron chi connectivity index (χ1n) is 12.7. The van der Waals surface area contributed by atoms with Gasteiger partial charge in [0.1, 0.15) is 18.0 Å². The summed E-state index contributed by atoms with van der Waals surface area (Å²) in [5.74, 6) is -3.84. The highest BCUT2D eigenvalue weighted by Crippen LogP contribution is 2.60. The van der Waals surface area contributed by atoms with Crippen LogP contribution >= 0.6 is 0 Å². The van der Waals surface area contributed by atoms with Crippen LogP contribution in [0.4, 0.5) is 13.2 Å². The number of furan rings is 1. The molecule has 0 radical (unpaired) electrons. The van der Waals surface area contributed by atoms with Crippen molar-refractivity contribution in [3.8, 4) is 0 Å². The predicted octanol–water partition coefficient (Wildman–Crippen LogP) is 5.30. The van der Waals surface area contributed by atoms with Crippen LogP contribution < -0.4 is 0 Å². The third kappa shape index (κ3) is 4.04. The summed E-state index contributed by atoms with van der Waals surface area (Å²) in [6.07, 6.45) is -2.61. The van der Waals surface area contributed by atoms with Crippen LogP contribution in [-0.4, -0.2) is 37.1 Å². The molecule has 5 rings (SSSR count). The number of rotatable bonds is 5. The van der Waals surface area contributed by atoms with Crippen LogP contribution in [0.1, 0.15) is 56.3 Å². The summed E-state index contributed by atoms with van der Waals surface area (Å²) in [6, 6.07) is 8.31. The number of esters is 2. The number of methoxy groups -OCH3 is 1. The lowest BCUT2D eigenvalue weighted by atomic mass is 9.50. The van der Waals surface area contributed by atoms with Crippen LogP contribution in [0.3, 0.4) is 0 Å². The van der Waals surface area contributed by atoms with E-state index in [1.807, 2.05) is 6.92 Å². The van der Waals surface area contributed by atoms with Crippen molar-refractivity contribution in [1.82, 2.24) is 0 Å². The molecule has 1 aromatic heterocycles. The van der Waals surface area contributed by atoms with E-state index in [1.165, 1.54) is 30.7 Å². The highest BCUT2D eigenvalue weighted by atomic mass is 19.4. The van der Waals surface area contributed by atoms with E-state index in [-0.39, 0.29) is 18.6 Å². The maximum atomic E-state index is 14.5. The molecule has 0 bridgehead atoms. The Morgan fingerprint density at radius 2 is 1.82 bits per heavy atom. The topological polar surface area (TPSA) is 92.0 Å². The molecule has 7 atom stereocenters. The van der Waals surface area contributed by atoms with Gasteiger partial charge in [-0.25, -0.2) is 4.79 Å². The molecule has 0 spiro atoms. The molecular weight excluding hydrogens is 505 g/mol. The van der Waals surface area contributed by atoms with Crippen molar-refractivity contribution in [3.63, 3.8) is 0 Å². The number of benzene rings is 1. The van der Waals surface area contributed by atoms with Gasteiger partial charge in [0.15, 0.2) is 0 Å². The Labute approximate surface area is 217 Å². The van der Waals surface area contributed by atoms with Crippen LogP contribution in [0, 0.1) is 23.2 Å². The van der Waals surface area contributed by atoms with E-state index in [0.717, 1.165) is 19.2 Å². The van der Waals surface area contributed by atoms with Crippen molar-refractivity contribution in [2.45, 2.75) is 63.0 Å². The van der Waals surface area contributed by atoms with E-state index in [1.54, 1.807) is 6.07 Å². The van der Waals surface area contributed by atoms with Crippen LogP contribution in [0.2, 0.25) is 0 Å². The molecular formula is C28H29F3O7. The Morgan fingerprint density at radius 1 is 1.08 bits per heavy atom. The lowest BCUT2D eigenvalue weighted by molar-refractivity contribution is -0.281. The zero-order valence-electron chi connectivity index (χ0n) is 21.0. The van der Waals surface area contributed by atoms with Crippen molar-refractivity contribution in [2.24, 2.45) is 23.2 Å². The Morgan fingerprint density at radius 3 is 2.45 bits per heavy atom. The number of alkyl halides is 3. The number of halogens is 3. The molecule has 1 saturated heterocycles. The van der Waals surface area contributed by atoms with Gasteiger partial charge in [-0.2, -0.15) is 13.2 Å². The smallest absolute Gasteiger partial charge is 0.432 e. The average molecular weight is 535 g/mol. The lowest BCUT2D eigenvalue weighted by Crippen LogP contribution is -2.60. The largest absolute Gasteiger partial charge is 0.472 e. The molecule has 3 fully saturated rings. The fraction of sp³-hybridized carbons (Fsp3) is 0.536. The Hall–Kier alpha value is -3.14. The molecule has 0 unspecified atom stereocenters. The second kappa shape index (κ2) is 9.55. The standard InChI is InChI=1S/C28H29F3O7/c1-26-14-22(16-12-13-36-15-16)37-24(33)19(26)9-8-18-20(32)10-11-21(23(18)26)38-25(34)27(35-2,28(29,30)31)17-6-4-3-5-7-17/h3-7,12-13,15,18-19,21-23H,8-11,14H2,1-2H3/t18-,19+,21+,22+,23+,26-,27-/m1/s1. The van der Waals surface area contributed by atoms with Crippen molar-refractivity contribution in [2.75, 3.05) is 7.11 Å². The Kier molecular flexibility index (Phi) is 6.65. The molecule has 38 heavy (non-hydrogen) atoms. The van der Waals surface area contributed by atoms with E-state index in [0.29, 0.717) is 24.8 Å². The maximum absolute atomic E-state index is 14.5. The summed E-state index contributed by atoms with van der Waals surface area (Å²) in [5.41, 5.74) is -3.96. The minimum Gasteiger partial charge on any atom is -0.472 e. The van der Waals surface area contributed by atoms with Gasteiger partial charge in [-0.1, -0.05) is 37.3 Å². The molecule has 2 saturated carbocycles. The van der Waals surface area contributed by atoms with Gasteiger partial charge in [0, 0.05) is 36.5 Å². The molecule has 1 aromatic carbocycles. The van der Waals surface area contributed by atoms with Gasteiger partial charge in [0.05, 0.1) is 18.4 Å². The zero-order chi connectivity index (χ0) is 27.3. The van der Waals surface area contributed by atoms with E-state index < -0.39 is 64.7 Å². The summed E-state index contributed by atoms with van der Waals surface area (Å²) in [7, 11) is 0.819. The first-order valence-corrected chi connectivity index (χ1v) is 12.7. The third-order valence-corrected chi connectivity index (χ3v) is 8.76. The van der Waals surface area contributed by atoms with Gasteiger partial charge in [-0.15, -0.1) is 0 Å². The number of carbonyl (C=O) groups excluding carboxylic acids is 3. The van der Waals surface area contributed by atoms with Gasteiger partial charge < -0.3 is 18.6 Å². The van der Waals surface area contributed by atoms with Gasteiger partial charge in [0.2, 0.25) is 0 Å². The van der Waals surface area contributed by atoms with E-state index >= 15 is 0 Å². The second-order valence-corrected chi connectivity index (χ2v) is 10.7. The number of ether oxygens (including phenoxy) is 3. The summed E-state index contributed by atoms with van der Waals surface area (Å²) in [4.78, 5) is 39.6.